The van der Waals surface area contributed by atoms with Crippen LogP contribution in [0.2, 0.25) is 0 Å². The number of aromatic hydroxyl groups is 2. The molecule has 0 amide bonds. The first kappa shape index (κ1) is 25.3. The van der Waals surface area contributed by atoms with E-state index >= 15 is 0 Å². The van der Waals surface area contributed by atoms with Crippen molar-refractivity contribution >= 4 is 16.9 Å². The van der Waals surface area contributed by atoms with Crippen molar-refractivity contribution in [2.24, 2.45) is 0 Å². The van der Waals surface area contributed by atoms with Crippen molar-refractivity contribution in [1.82, 2.24) is 4.57 Å². The molecule has 0 bridgehead atoms. The number of phenolic OH excluding ortho intramolecular Hbond substituents is 2. The average Bonchev–Trinajstić information content (AvgIpc) is 3.20. The number of unbranched alkanes of at least 4 members (excludes halogenated alkanes) is 1. The van der Waals surface area contributed by atoms with Crippen molar-refractivity contribution < 1.29 is 29.2 Å². The van der Waals surface area contributed by atoms with E-state index in [2.05, 4.69) is 6.92 Å². The third kappa shape index (κ3) is 5.86. The smallest absolute Gasteiger partial charge is 0.338 e. The summed E-state index contributed by atoms with van der Waals surface area (Å²) in [6, 6.07) is 16.3. The Morgan fingerprint density at radius 2 is 1.81 bits per heavy atom. The number of aliphatic hydroxyl groups is 1. The van der Waals surface area contributed by atoms with Crippen molar-refractivity contribution in [3.63, 3.8) is 0 Å². The zero-order valence-electron chi connectivity index (χ0n) is 20.2. The highest BCUT2D eigenvalue weighted by Crippen LogP contribution is 2.32. The Morgan fingerprint density at radius 1 is 1.06 bits per heavy atom. The fourth-order valence-corrected chi connectivity index (χ4v) is 4.36. The lowest BCUT2D eigenvalue weighted by Gasteiger charge is -2.12. The van der Waals surface area contributed by atoms with Crippen LogP contribution in [0.1, 0.15) is 46.8 Å². The molecule has 0 aliphatic rings. The number of benzene rings is 3. The highest BCUT2D eigenvalue weighted by atomic mass is 19.1. The van der Waals surface area contributed by atoms with Gasteiger partial charge < -0.3 is 24.6 Å². The number of aliphatic hydroxyl groups excluding tert-OH is 1. The molecule has 3 N–H and O–H groups in total. The Kier molecular flexibility index (Phi) is 7.90. The Hall–Kier alpha value is -3.84. The minimum Gasteiger partial charge on any atom is -0.507 e. The number of phenols is 2. The number of hydrogen-bond donors (Lipinski definition) is 3. The van der Waals surface area contributed by atoms with Crippen LogP contribution in [0.15, 0.2) is 66.9 Å². The number of nitrogens with zero attached hydrogens (tertiary/aromatic N) is 1. The predicted octanol–water partition coefficient (Wildman–Crippen LogP) is 5.34. The standard InChI is InChI=1S/C29H30FNO5/c1-2-3-7-19-12-27(33)25(28(34)13-19)17-31-16-21(24-10-4-5-11-26(24)31)15-23(32)18-36-29(35)20-8-6-9-22(30)14-20/h4-6,8-14,16,23,32-34H,2-3,7,15,17-18H2,1H3/t23-/m0/s1. The number of aryl methyl sites for hydroxylation is 1. The Bertz CT molecular complexity index is 1340. The molecule has 188 valence electrons. The summed E-state index contributed by atoms with van der Waals surface area (Å²) in [5.41, 5.74) is 3.11. The van der Waals surface area contributed by atoms with Crippen LogP contribution in [0, 0.1) is 5.82 Å². The summed E-state index contributed by atoms with van der Waals surface area (Å²) in [5, 5.41) is 32.7. The largest absolute Gasteiger partial charge is 0.507 e. The summed E-state index contributed by atoms with van der Waals surface area (Å²) in [4.78, 5) is 12.2. The summed E-state index contributed by atoms with van der Waals surface area (Å²) in [6.07, 6.45) is 3.91. The van der Waals surface area contributed by atoms with Crippen molar-refractivity contribution in [2.45, 2.75) is 45.3 Å². The minimum absolute atomic E-state index is 0.0460. The van der Waals surface area contributed by atoms with Crippen LogP contribution in [0.4, 0.5) is 4.39 Å². The molecule has 0 unspecified atom stereocenters. The quantitative estimate of drug-likeness (QED) is 0.260. The first-order chi connectivity index (χ1) is 17.4. The van der Waals surface area contributed by atoms with E-state index in [1.165, 1.54) is 18.2 Å². The maximum Gasteiger partial charge on any atom is 0.338 e. The lowest BCUT2D eigenvalue weighted by atomic mass is 10.0. The molecule has 0 spiro atoms. The van der Waals surface area contributed by atoms with Gasteiger partial charge in [-0.2, -0.15) is 0 Å². The lowest BCUT2D eigenvalue weighted by Crippen LogP contribution is -2.21. The number of rotatable bonds is 10. The van der Waals surface area contributed by atoms with Crippen LogP contribution >= 0.6 is 0 Å². The topological polar surface area (TPSA) is 91.9 Å². The molecular formula is C29H30FNO5. The molecule has 0 aliphatic carbocycles. The van der Waals surface area contributed by atoms with Gasteiger partial charge in [0, 0.05) is 23.5 Å². The summed E-state index contributed by atoms with van der Waals surface area (Å²) in [6.45, 7) is 2.10. The molecule has 4 aromatic rings. The van der Waals surface area contributed by atoms with E-state index in [-0.39, 0.29) is 36.6 Å². The van der Waals surface area contributed by atoms with E-state index < -0.39 is 17.9 Å². The van der Waals surface area contributed by atoms with Gasteiger partial charge in [0.05, 0.1) is 23.8 Å². The molecule has 0 aliphatic heterocycles. The second-order valence-corrected chi connectivity index (χ2v) is 8.98. The Morgan fingerprint density at radius 3 is 2.53 bits per heavy atom. The van der Waals surface area contributed by atoms with Gasteiger partial charge in [-0.05, 0) is 60.4 Å². The van der Waals surface area contributed by atoms with Crippen LogP contribution in [0.3, 0.4) is 0 Å². The van der Waals surface area contributed by atoms with Gasteiger partial charge in [0.25, 0.3) is 0 Å². The number of esters is 1. The van der Waals surface area contributed by atoms with Gasteiger partial charge in [-0.15, -0.1) is 0 Å². The SMILES string of the molecule is CCCCc1cc(O)c(Cn2cc(C[C@H](O)COC(=O)c3cccc(F)c3)c3ccccc32)c(O)c1. The van der Waals surface area contributed by atoms with E-state index in [1.807, 2.05) is 35.0 Å². The highest BCUT2D eigenvalue weighted by Gasteiger charge is 2.17. The third-order valence-electron chi connectivity index (χ3n) is 6.20. The molecule has 1 atom stereocenters. The summed E-state index contributed by atoms with van der Waals surface area (Å²) < 4.78 is 20.4. The summed E-state index contributed by atoms with van der Waals surface area (Å²) in [5.74, 6) is -1.15. The average molecular weight is 492 g/mol. The van der Waals surface area contributed by atoms with Crippen molar-refractivity contribution in [2.75, 3.05) is 6.61 Å². The maximum absolute atomic E-state index is 13.3. The molecule has 4 rings (SSSR count). The van der Waals surface area contributed by atoms with E-state index in [9.17, 15) is 24.5 Å². The van der Waals surface area contributed by atoms with Gasteiger partial charge >= 0.3 is 5.97 Å². The van der Waals surface area contributed by atoms with Crippen LogP contribution in [0.5, 0.6) is 11.5 Å². The number of para-hydroxylation sites is 1. The van der Waals surface area contributed by atoms with Crippen LogP contribution in [0.25, 0.3) is 10.9 Å². The molecule has 7 heteroatoms. The Balaban J connectivity index is 1.50. The van der Waals surface area contributed by atoms with E-state index in [1.54, 1.807) is 12.1 Å². The van der Waals surface area contributed by atoms with Gasteiger partial charge in [0.15, 0.2) is 0 Å². The van der Waals surface area contributed by atoms with Crippen LogP contribution in [-0.2, 0) is 24.1 Å². The van der Waals surface area contributed by atoms with Crippen LogP contribution < -0.4 is 0 Å². The van der Waals surface area contributed by atoms with Crippen molar-refractivity contribution in [3.05, 3.63) is 94.9 Å². The molecule has 0 fully saturated rings. The fourth-order valence-electron chi connectivity index (χ4n) is 4.36. The number of ether oxygens (including phenoxy) is 1. The number of hydrogen-bond acceptors (Lipinski definition) is 5. The molecule has 0 saturated carbocycles. The van der Waals surface area contributed by atoms with Gasteiger partial charge in [0.1, 0.15) is 23.9 Å². The zero-order chi connectivity index (χ0) is 25.7. The van der Waals surface area contributed by atoms with E-state index in [0.29, 0.717) is 5.56 Å². The van der Waals surface area contributed by atoms with Gasteiger partial charge in [-0.3, -0.25) is 0 Å². The summed E-state index contributed by atoms with van der Waals surface area (Å²) >= 11 is 0. The number of aromatic nitrogens is 1. The normalized spacial score (nSPS) is 12.1. The second-order valence-electron chi connectivity index (χ2n) is 8.98. The van der Waals surface area contributed by atoms with Crippen molar-refractivity contribution in [3.8, 4) is 11.5 Å². The lowest BCUT2D eigenvalue weighted by molar-refractivity contribution is 0.0259. The highest BCUT2D eigenvalue weighted by molar-refractivity contribution is 5.89. The molecular weight excluding hydrogens is 461 g/mol. The first-order valence-electron chi connectivity index (χ1n) is 12.1. The predicted molar refractivity (Wildman–Crippen MR) is 136 cm³/mol. The fraction of sp³-hybridized carbons (Fsp3) is 0.276. The van der Waals surface area contributed by atoms with E-state index in [0.717, 1.165) is 47.4 Å². The maximum atomic E-state index is 13.3. The second kappa shape index (κ2) is 11.3. The molecule has 1 aromatic heterocycles. The molecule has 3 aromatic carbocycles. The van der Waals surface area contributed by atoms with E-state index in [4.69, 9.17) is 4.74 Å². The number of halogens is 1. The van der Waals surface area contributed by atoms with Crippen LogP contribution in [-0.4, -0.2) is 38.6 Å². The molecule has 36 heavy (non-hydrogen) atoms. The number of carbonyl (C=O) groups excluding carboxylic acids is 1. The molecule has 1 heterocycles. The molecule has 0 saturated heterocycles. The Labute approximate surface area is 209 Å². The monoisotopic (exact) mass is 491 g/mol. The minimum atomic E-state index is -0.971. The molecule has 6 nitrogen and oxygen atoms in total. The van der Waals surface area contributed by atoms with Gasteiger partial charge in [-0.1, -0.05) is 37.6 Å². The third-order valence-corrected chi connectivity index (χ3v) is 6.20. The first-order valence-corrected chi connectivity index (χ1v) is 12.1. The number of carbonyl (C=O) groups is 1. The van der Waals surface area contributed by atoms with Gasteiger partial charge in [-0.25, -0.2) is 9.18 Å². The molecule has 0 radical (unpaired) electrons. The van der Waals surface area contributed by atoms with Crippen molar-refractivity contribution in [1.29, 1.82) is 0 Å². The number of fused-ring (bicyclic) bond motifs is 1. The zero-order valence-corrected chi connectivity index (χ0v) is 20.2. The van der Waals surface area contributed by atoms with Gasteiger partial charge in [0.2, 0.25) is 0 Å². The summed E-state index contributed by atoms with van der Waals surface area (Å²) in [7, 11) is 0.